The van der Waals surface area contributed by atoms with Crippen LogP contribution in [0.1, 0.15) is 5.56 Å². The van der Waals surface area contributed by atoms with E-state index in [4.69, 9.17) is 9.97 Å². The van der Waals surface area contributed by atoms with Gasteiger partial charge in [0.05, 0.1) is 16.7 Å². The molecule has 0 saturated heterocycles. The van der Waals surface area contributed by atoms with Gasteiger partial charge in [-0.25, -0.2) is 9.97 Å². The molecule has 0 amide bonds. The number of aryl methyl sites for hydroxylation is 1. The summed E-state index contributed by atoms with van der Waals surface area (Å²) in [5.74, 6) is 1.68. The van der Waals surface area contributed by atoms with Crippen molar-refractivity contribution in [1.82, 2.24) is 29.9 Å². The number of para-hydroxylation sites is 1. The maximum Gasteiger partial charge on any atom is 0.273 e. The quantitative estimate of drug-likeness (QED) is 0.405. The Morgan fingerprint density at radius 3 is 2.53 bits per heavy atom. The summed E-state index contributed by atoms with van der Waals surface area (Å²) in [7, 11) is 0. The summed E-state index contributed by atoms with van der Waals surface area (Å²) >= 11 is 0. The first-order valence-electron chi connectivity index (χ1n) is 10.8. The van der Waals surface area contributed by atoms with Gasteiger partial charge in [0.25, 0.3) is 5.56 Å². The number of hydrogen-bond acceptors (Lipinski definition) is 6. The second-order valence-electron chi connectivity index (χ2n) is 7.97. The summed E-state index contributed by atoms with van der Waals surface area (Å²) in [5.41, 5.74) is 4.28. The zero-order chi connectivity index (χ0) is 23.1. The third-order valence-electron chi connectivity index (χ3n) is 5.56. The predicted molar refractivity (Wildman–Crippen MR) is 132 cm³/mol. The largest absolute Gasteiger partial charge is 0.321 e. The lowest BCUT2D eigenvalue weighted by Gasteiger charge is -2.10. The van der Waals surface area contributed by atoms with Gasteiger partial charge in [-0.2, -0.15) is 14.9 Å². The van der Waals surface area contributed by atoms with E-state index in [0.29, 0.717) is 34.2 Å². The number of benzene rings is 3. The average Bonchev–Trinajstić information content (AvgIpc) is 3.25. The Kier molecular flexibility index (Phi) is 4.62. The predicted octanol–water partition coefficient (Wildman–Crippen LogP) is 4.77. The summed E-state index contributed by atoms with van der Waals surface area (Å²) < 4.78 is 1.38. The monoisotopic (exact) mass is 445 g/mol. The van der Waals surface area contributed by atoms with Gasteiger partial charge in [0.1, 0.15) is 5.82 Å². The Bertz CT molecular complexity index is 1720. The fourth-order valence-electron chi connectivity index (χ4n) is 3.92. The number of rotatable bonds is 4. The van der Waals surface area contributed by atoms with Crippen LogP contribution in [0.25, 0.3) is 39.0 Å². The van der Waals surface area contributed by atoms with Gasteiger partial charge in [0.15, 0.2) is 17.2 Å². The molecule has 0 bridgehead atoms. The zero-order valence-electron chi connectivity index (χ0n) is 18.2. The molecule has 6 rings (SSSR count). The fraction of sp³-hybridized carbons (Fsp3) is 0.0385. The van der Waals surface area contributed by atoms with Crippen molar-refractivity contribution < 1.29 is 0 Å². The summed E-state index contributed by atoms with van der Waals surface area (Å²) in [6, 6.07) is 26.7. The first-order valence-corrected chi connectivity index (χ1v) is 10.8. The summed E-state index contributed by atoms with van der Waals surface area (Å²) in [6.45, 7) is 1.97. The normalized spacial score (nSPS) is 11.2. The van der Waals surface area contributed by atoms with Crippen molar-refractivity contribution >= 4 is 33.6 Å². The van der Waals surface area contributed by atoms with E-state index in [0.717, 1.165) is 22.0 Å². The minimum atomic E-state index is -0.243. The first-order chi connectivity index (χ1) is 16.7. The minimum absolute atomic E-state index is 0.243. The number of nitrogens with one attached hydrogen (secondary N) is 2. The number of aromatic nitrogens is 6. The number of fused-ring (bicyclic) bond motifs is 2. The van der Waals surface area contributed by atoms with Gasteiger partial charge < -0.3 is 5.32 Å². The third-order valence-corrected chi connectivity index (χ3v) is 5.56. The Balaban J connectivity index is 1.50. The lowest BCUT2D eigenvalue weighted by molar-refractivity contribution is 0.831. The standard InChI is InChI=1S/C26H19N7O/c1-16-8-7-11-18(14-16)33-22(34)15-21-23(32-33)26(31-30-21)29-25-19-12-5-6-13-20(19)27-24(28-25)17-9-3-2-4-10-17/h2-15,30H,1H3,(H,27,28,29,31). The molecule has 3 aromatic heterocycles. The molecule has 0 aliphatic carbocycles. The van der Waals surface area contributed by atoms with E-state index in [2.05, 4.69) is 20.6 Å². The molecule has 8 heteroatoms. The first kappa shape index (κ1) is 19.8. The number of anilines is 2. The highest BCUT2D eigenvalue weighted by molar-refractivity contribution is 5.95. The van der Waals surface area contributed by atoms with Crippen LogP contribution in [-0.4, -0.2) is 29.9 Å². The van der Waals surface area contributed by atoms with Crippen molar-refractivity contribution in [2.24, 2.45) is 0 Å². The smallest absolute Gasteiger partial charge is 0.273 e. The molecular formula is C26H19N7O. The van der Waals surface area contributed by atoms with Crippen molar-refractivity contribution in [3.63, 3.8) is 0 Å². The summed E-state index contributed by atoms with van der Waals surface area (Å²) in [6.07, 6.45) is 0. The van der Waals surface area contributed by atoms with Gasteiger partial charge in [-0.3, -0.25) is 9.89 Å². The molecule has 6 aromatic rings. The second kappa shape index (κ2) is 7.93. The number of nitrogens with zero attached hydrogens (tertiary/aromatic N) is 5. The van der Waals surface area contributed by atoms with Crippen molar-refractivity contribution in [2.75, 3.05) is 5.32 Å². The van der Waals surface area contributed by atoms with Gasteiger partial charge in [-0.15, -0.1) is 0 Å². The highest BCUT2D eigenvalue weighted by Gasteiger charge is 2.15. The molecule has 0 unspecified atom stereocenters. The Hall–Kier alpha value is -4.85. The molecule has 0 aliphatic rings. The topological polar surface area (TPSA) is 101 Å². The molecule has 0 atom stereocenters. The molecule has 0 radical (unpaired) electrons. The van der Waals surface area contributed by atoms with Crippen LogP contribution in [0, 0.1) is 6.92 Å². The van der Waals surface area contributed by atoms with E-state index in [-0.39, 0.29) is 5.56 Å². The van der Waals surface area contributed by atoms with E-state index in [9.17, 15) is 4.79 Å². The van der Waals surface area contributed by atoms with Crippen LogP contribution in [0.4, 0.5) is 11.6 Å². The van der Waals surface area contributed by atoms with E-state index < -0.39 is 0 Å². The van der Waals surface area contributed by atoms with Gasteiger partial charge in [-0.1, -0.05) is 54.6 Å². The van der Waals surface area contributed by atoms with Crippen molar-refractivity contribution in [1.29, 1.82) is 0 Å². The lowest BCUT2D eigenvalue weighted by atomic mass is 10.2. The third kappa shape index (κ3) is 3.47. The van der Waals surface area contributed by atoms with Crippen molar-refractivity contribution in [3.8, 4) is 17.1 Å². The van der Waals surface area contributed by atoms with Gasteiger partial charge in [-0.05, 0) is 36.8 Å². The van der Waals surface area contributed by atoms with Gasteiger partial charge in [0, 0.05) is 17.0 Å². The molecular weight excluding hydrogens is 426 g/mol. The molecule has 34 heavy (non-hydrogen) atoms. The van der Waals surface area contributed by atoms with Crippen LogP contribution in [-0.2, 0) is 0 Å². The molecule has 8 nitrogen and oxygen atoms in total. The average molecular weight is 445 g/mol. The molecule has 0 spiro atoms. The lowest BCUT2D eigenvalue weighted by Crippen LogP contribution is -2.20. The Morgan fingerprint density at radius 1 is 0.853 bits per heavy atom. The highest BCUT2D eigenvalue weighted by atomic mass is 16.1. The molecule has 3 aromatic carbocycles. The van der Waals surface area contributed by atoms with Crippen LogP contribution in [0.2, 0.25) is 0 Å². The zero-order valence-corrected chi connectivity index (χ0v) is 18.2. The summed E-state index contributed by atoms with van der Waals surface area (Å²) in [5, 5.41) is 16.1. The van der Waals surface area contributed by atoms with Gasteiger partial charge >= 0.3 is 0 Å². The number of H-pyrrole nitrogens is 1. The maximum atomic E-state index is 12.7. The van der Waals surface area contributed by atoms with Crippen molar-refractivity contribution in [3.05, 3.63) is 101 Å². The molecule has 3 heterocycles. The fourth-order valence-corrected chi connectivity index (χ4v) is 3.92. The molecule has 0 saturated carbocycles. The van der Waals surface area contributed by atoms with Crippen LogP contribution in [0.15, 0.2) is 89.7 Å². The van der Waals surface area contributed by atoms with Crippen LogP contribution >= 0.6 is 0 Å². The molecule has 164 valence electrons. The Morgan fingerprint density at radius 2 is 1.68 bits per heavy atom. The van der Waals surface area contributed by atoms with Crippen LogP contribution in [0.5, 0.6) is 0 Å². The minimum Gasteiger partial charge on any atom is -0.321 e. The molecule has 0 fully saturated rings. The molecule has 2 N–H and O–H groups in total. The molecule has 0 aliphatic heterocycles. The Labute approximate surface area is 193 Å². The van der Waals surface area contributed by atoms with Crippen LogP contribution in [0.3, 0.4) is 0 Å². The van der Waals surface area contributed by atoms with E-state index in [1.54, 1.807) is 0 Å². The SMILES string of the molecule is Cc1cccc(-n2nc3c(Nc4nc(-c5ccccc5)nc5ccccc45)n[nH]c3cc2=O)c1. The summed E-state index contributed by atoms with van der Waals surface area (Å²) in [4.78, 5) is 22.2. The number of hydrogen-bond donors (Lipinski definition) is 2. The van der Waals surface area contributed by atoms with E-state index in [1.807, 2.05) is 85.8 Å². The number of aromatic amines is 1. The van der Waals surface area contributed by atoms with E-state index >= 15 is 0 Å². The van der Waals surface area contributed by atoms with E-state index in [1.165, 1.54) is 10.7 Å². The van der Waals surface area contributed by atoms with Crippen LogP contribution < -0.4 is 10.9 Å². The van der Waals surface area contributed by atoms with Gasteiger partial charge in [0.2, 0.25) is 0 Å². The maximum absolute atomic E-state index is 12.7. The van der Waals surface area contributed by atoms with Crippen molar-refractivity contribution in [2.45, 2.75) is 6.92 Å². The second-order valence-corrected chi connectivity index (χ2v) is 7.97. The highest BCUT2D eigenvalue weighted by Crippen LogP contribution is 2.28.